The highest BCUT2D eigenvalue weighted by Gasteiger charge is 2.17. The van der Waals surface area contributed by atoms with E-state index in [0.29, 0.717) is 29.8 Å². The molecule has 0 saturated heterocycles. The molecule has 0 saturated carbocycles. The molecule has 0 unspecified atom stereocenters. The maximum atomic E-state index is 12.7. The number of sulfonamides is 1. The summed E-state index contributed by atoms with van der Waals surface area (Å²) in [7, 11) is -1.94. The number of rotatable bonds is 12. The summed E-state index contributed by atoms with van der Waals surface area (Å²) in [5.41, 5.74) is 2.20. The molecule has 1 aromatic heterocycles. The van der Waals surface area contributed by atoms with Gasteiger partial charge in [0.2, 0.25) is 15.9 Å². The Morgan fingerprint density at radius 3 is 2.39 bits per heavy atom. The quantitative estimate of drug-likeness (QED) is 0.226. The van der Waals surface area contributed by atoms with Gasteiger partial charge < -0.3 is 15.4 Å². The average molecular weight is 553 g/mol. The van der Waals surface area contributed by atoms with Gasteiger partial charge in [0.25, 0.3) is 0 Å². The first-order chi connectivity index (χ1) is 18.4. The van der Waals surface area contributed by atoms with Crippen molar-refractivity contribution in [3.05, 3.63) is 84.7 Å². The van der Waals surface area contributed by atoms with Crippen molar-refractivity contribution in [1.82, 2.24) is 19.5 Å². The van der Waals surface area contributed by atoms with Gasteiger partial charge in [0.15, 0.2) is 11.0 Å². The zero-order chi connectivity index (χ0) is 27.0. The van der Waals surface area contributed by atoms with E-state index in [-0.39, 0.29) is 16.6 Å². The predicted molar refractivity (Wildman–Crippen MR) is 148 cm³/mol. The lowest BCUT2D eigenvalue weighted by Crippen LogP contribution is -2.23. The molecule has 0 aliphatic rings. The number of carbonyl (C=O) groups excluding carboxylic acids is 1. The van der Waals surface area contributed by atoms with Gasteiger partial charge in [-0.1, -0.05) is 49.0 Å². The highest BCUT2D eigenvalue weighted by atomic mass is 32.2. The van der Waals surface area contributed by atoms with Gasteiger partial charge in [0.05, 0.1) is 30.0 Å². The number of thioether (sulfide) groups is 1. The summed E-state index contributed by atoms with van der Waals surface area (Å²) in [6.07, 6.45) is 0. The molecular weight excluding hydrogens is 524 g/mol. The van der Waals surface area contributed by atoms with Crippen LogP contribution in [0.1, 0.15) is 12.7 Å². The van der Waals surface area contributed by atoms with Gasteiger partial charge in [-0.3, -0.25) is 9.36 Å². The number of ether oxygens (including phenoxy) is 1. The van der Waals surface area contributed by atoms with E-state index in [1.54, 1.807) is 26.2 Å². The van der Waals surface area contributed by atoms with Crippen molar-refractivity contribution in [3.8, 4) is 11.4 Å². The first-order valence-electron chi connectivity index (χ1n) is 11.8. The lowest BCUT2D eigenvalue weighted by Gasteiger charge is -2.13. The predicted octanol–water partition coefficient (Wildman–Crippen LogP) is 3.92. The molecular formula is C26H28N6O4S2. The van der Waals surface area contributed by atoms with E-state index < -0.39 is 10.0 Å². The van der Waals surface area contributed by atoms with Crippen molar-refractivity contribution in [2.75, 3.05) is 30.0 Å². The molecule has 198 valence electrons. The summed E-state index contributed by atoms with van der Waals surface area (Å²) in [4.78, 5) is 12.8. The van der Waals surface area contributed by atoms with Crippen LogP contribution in [0, 0.1) is 0 Å². The number of para-hydroxylation sites is 3. The number of benzene rings is 3. The smallest absolute Gasteiger partial charge is 0.240 e. The van der Waals surface area contributed by atoms with Gasteiger partial charge >= 0.3 is 0 Å². The summed E-state index contributed by atoms with van der Waals surface area (Å²) in [6.45, 7) is 2.39. The minimum atomic E-state index is -3.55. The van der Waals surface area contributed by atoms with Crippen molar-refractivity contribution in [2.45, 2.75) is 23.5 Å². The van der Waals surface area contributed by atoms with Crippen LogP contribution in [-0.2, 0) is 21.4 Å². The number of carbonyl (C=O) groups is 1. The third kappa shape index (κ3) is 6.71. The number of aromatic nitrogens is 3. The van der Waals surface area contributed by atoms with Crippen LogP contribution in [0.15, 0.2) is 88.9 Å². The number of hydrogen-bond donors (Lipinski definition) is 3. The Balaban J connectivity index is 1.45. The molecule has 10 nitrogen and oxygen atoms in total. The molecule has 0 radical (unpaired) electrons. The Hall–Kier alpha value is -3.87. The number of methoxy groups -OCH3 is 1. The summed E-state index contributed by atoms with van der Waals surface area (Å²) in [5, 5.41) is 15.4. The molecule has 0 aliphatic heterocycles. The summed E-state index contributed by atoms with van der Waals surface area (Å²) < 4.78 is 34.0. The zero-order valence-electron chi connectivity index (χ0n) is 20.9. The van der Waals surface area contributed by atoms with Crippen LogP contribution in [0.3, 0.4) is 0 Å². The van der Waals surface area contributed by atoms with Crippen LogP contribution in [0.25, 0.3) is 5.69 Å². The molecule has 38 heavy (non-hydrogen) atoms. The summed E-state index contributed by atoms with van der Waals surface area (Å²) in [6, 6.07) is 23.3. The third-order valence-corrected chi connectivity index (χ3v) is 7.86. The Morgan fingerprint density at radius 1 is 0.974 bits per heavy atom. The minimum Gasteiger partial charge on any atom is -0.495 e. The largest absolute Gasteiger partial charge is 0.495 e. The van der Waals surface area contributed by atoms with E-state index in [2.05, 4.69) is 25.6 Å². The van der Waals surface area contributed by atoms with Gasteiger partial charge in [-0.2, -0.15) is 0 Å². The van der Waals surface area contributed by atoms with E-state index in [4.69, 9.17) is 4.74 Å². The second-order valence-electron chi connectivity index (χ2n) is 7.99. The normalized spacial score (nSPS) is 11.2. The fourth-order valence-corrected chi connectivity index (χ4v) is 5.44. The van der Waals surface area contributed by atoms with Crippen LogP contribution in [0.4, 0.5) is 11.4 Å². The van der Waals surface area contributed by atoms with E-state index in [1.807, 2.05) is 59.2 Å². The highest BCUT2D eigenvalue weighted by molar-refractivity contribution is 7.99. The molecule has 0 atom stereocenters. The van der Waals surface area contributed by atoms with E-state index in [9.17, 15) is 13.2 Å². The SMILES string of the molecule is CCNS(=O)(=O)c1ccc(NC(=O)CSc2nnc(CNc3ccccc3OC)n2-c2ccccc2)cc1. The number of anilines is 2. The zero-order valence-corrected chi connectivity index (χ0v) is 22.6. The average Bonchev–Trinajstić information content (AvgIpc) is 3.34. The molecule has 0 bridgehead atoms. The summed E-state index contributed by atoms with van der Waals surface area (Å²) >= 11 is 1.25. The molecule has 12 heteroatoms. The van der Waals surface area contributed by atoms with Crippen molar-refractivity contribution in [2.24, 2.45) is 0 Å². The number of amides is 1. The first-order valence-corrected chi connectivity index (χ1v) is 14.3. The van der Waals surface area contributed by atoms with E-state index in [1.165, 1.54) is 23.9 Å². The van der Waals surface area contributed by atoms with Crippen LogP contribution >= 0.6 is 11.8 Å². The van der Waals surface area contributed by atoms with Crippen LogP contribution in [0.5, 0.6) is 5.75 Å². The lowest BCUT2D eigenvalue weighted by atomic mass is 10.3. The topological polar surface area (TPSA) is 127 Å². The third-order valence-electron chi connectivity index (χ3n) is 5.37. The van der Waals surface area contributed by atoms with Crippen molar-refractivity contribution >= 4 is 39.1 Å². The van der Waals surface area contributed by atoms with Gasteiger partial charge in [-0.25, -0.2) is 13.1 Å². The van der Waals surface area contributed by atoms with E-state index >= 15 is 0 Å². The molecule has 3 N–H and O–H groups in total. The Morgan fingerprint density at radius 2 is 1.68 bits per heavy atom. The number of hydrogen-bond acceptors (Lipinski definition) is 8. The van der Waals surface area contributed by atoms with Crippen LogP contribution < -0.4 is 20.1 Å². The molecule has 1 amide bonds. The lowest BCUT2D eigenvalue weighted by molar-refractivity contribution is -0.113. The molecule has 0 fully saturated rings. The maximum Gasteiger partial charge on any atom is 0.240 e. The second kappa shape index (κ2) is 12.6. The van der Waals surface area contributed by atoms with Gasteiger partial charge in [0.1, 0.15) is 5.75 Å². The molecule has 0 spiro atoms. The maximum absolute atomic E-state index is 12.7. The number of nitrogens with zero attached hydrogens (tertiary/aromatic N) is 3. The van der Waals surface area contributed by atoms with Gasteiger partial charge in [0, 0.05) is 17.9 Å². The fourth-order valence-electron chi connectivity index (χ4n) is 3.63. The van der Waals surface area contributed by atoms with Crippen molar-refractivity contribution < 1.29 is 17.9 Å². The second-order valence-corrected chi connectivity index (χ2v) is 10.7. The van der Waals surface area contributed by atoms with Gasteiger partial charge in [-0.05, 0) is 48.5 Å². The number of nitrogens with one attached hydrogen (secondary N) is 3. The Bertz CT molecular complexity index is 1480. The molecule has 4 rings (SSSR count). The summed E-state index contributed by atoms with van der Waals surface area (Å²) in [5.74, 6) is 1.22. The first kappa shape index (κ1) is 27.2. The Kier molecular flexibility index (Phi) is 9.00. The van der Waals surface area contributed by atoms with Crippen LogP contribution in [-0.4, -0.2) is 48.5 Å². The molecule has 0 aliphatic carbocycles. The van der Waals surface area contributed by atoms with Crippen LogP contribution in [0.2, 0.25) is 0 Å². The van der Waals surface area contributed by atoms with E-state index in [0.717, 1.165) is 17.1 Å². The highest BCUT2D eigenvalue weighted by Crippen LogP contribution is 2.26. The molecule has 4 aromatic rings. The molecule has 1 heterocycles. The van der Waals surface area contributed by atoms with Gasteiger partial charge in [-0.15, -0.1) is 10.2 Å². The van der Waals surface area contributed by atoms with Crippen molar-refractivity contribution in [1.29, 1.82) is 0 Å². The monoisotopic (exact) mass is 552 g/mol. The molecule has 3 aromatic carbocycles. The Labute approximate surface area is 225 Å². The fraction of sp³-hybridized carbons (Fsp3) is 0.192. The minimum absolute atomic E-state index is 0.0857. The van der Waals surface area contributed by atoms with Crippen molar-refractivity contribution in [3.63, 3.8) is 0 Å². The standard InChI is InChI=1S/C26H28N6O4S2/c1-3-28-38(34,35)21-15-13-19(14-16-21)29-25(33)18-37-26-31-30-24(32(26)20-9-5-4-6-10-20)17-27-22-11-7-8-12-23(22)36-2/h4-16,27-28H,3,17-18H2,1-2H3,(H,29,33).